The highest BCUT2D eigenvalue weighted by atomic mass is 32.2. The summed E-state index contributed by atoms with van der Waals surface area (Å²) in [4.78, 5) is 15.1. The lowest BCUT2D eigenvalue weighted by atomic mass is 9.91. The maximum atomic E-state index is 11.7. The SMILES string of the molecule is CC(=O)c1cc2c(s1)-c1ccc(OCCSc3ccccc3)cc1CC2. The molecule has 0 fully saturated rings. The van der Waals surface area contributed by atoms with Crippen LogP contribution in [0.15, 0.2) is 59.5 Å². The fourth-order valence-corrected chi connectivity index (χ4v) is 5.13. The van der Waals surface area contributed by atoms with E-state index in [0.29, 0.717) is 6.61 Å². The average Bonchev–Trinajstić information content (AvgIpc) is 3.11. The molecule has 0 bridgehead atoms. The lowest BCUT2D eigenvalue weighted by Gasteiger charge is -2.17. The number of carbonyl (C=O) groups excluding carboxylic acids is 1. The molecule has 1 heterocycles. The minimum absolute atomic E-state index is 0.154. The van der Waals surface area contributed by atoms with Crippen molar-refractivity contribution in [1.82, 2.24) is 0 Å². The van der Waals surface area contributed by atoms with Gasteiger partial charge < -0.3 is 4.74 Å². The highest BCUT2D eigenvalue weighted by Crippen LogP contribution is 2.40. The topological polar surface area (TPSA) is 26.3 Å². The van der Waals surface area contributed by atoms with Crippen molar-refractivity contribution in [2.45, 2.75) is 24.7 Å². The fourth-order valence-electron chi connectivity index (χ4n) is 3.21. The minimum atomic E-state index is 0.154. The third-order valence-electron chi connectivity index (χ3n) is 4.50. The third-order valence-corrected chi connectivity index (χ3v) is 6.79. The minimum Gasteiger partial charge on any atom is -0.493 e. The van der Waals surface area contributed by atoms with Crippen LogP contribution in [0.2, 0.25) is 0 Å². The fraction of sp³-hybridized carbons (Fsp3) is 0.227. The number of Topliss-reactive ketones (excluding diaryl/α,β-unsaturated/α-hetero) is 1. The predicted molar refractivity (Wildman–Crippen MR) is 110 cm³/mol. The van der Waals surface area contributed by atoms with Crippen LogP contribution in [0, 0.1) is 0 Å². The van der Waals surface area contributed by atoms with E-state index in [2.05, 4.69) is 42.5 Å². The van der Waals surface area contributed by atoms with Gasteiger partial charge in [0.2, 0.25) is 0 Å². The molecule has 0 spiro atoms. The van der Waals surface area contributed by atoms with Gasteiger partial charge in [-0.05, 0) is 72.9 Å². The molecule has 0 amide bonds. The largest absolute Gasteiger partial charge is 0.493 e. The van der Waals surface area contributed by atoms with Gasteiger partial charge in [-0.3, -0.25) is 4.79 Å². The van der Waals surface area contributed by atoms with E-state index < -0.39 is 0 Å². The van der Waals surface area contributed by atoms with Gasteiger partial charge in [0.25, 0.3) is 0 Å². The average molecular weight is 381 g/mol. The van der Waals surface area contributed by atoms with Crippen LogP contribution in [0.4, 0.5) is 0 Å². The quantitative estimate of drug-likeness (QED) is 0.303. The molecule has 0 unspecified atom stereocenters. The number of carbonyl (C=O) groups is 1. The highest BCUT2D eigenvalue weighted by Gasteiger charge is 2.20. The summed E-state index contributed by atoms with van der Waals surface area (Å²) in [5.41, 5.74) is 3.89. The maximum Gasteiger partial charge on any atom is 0.169 e. The molecule has 1 aromatic heterocycles. The molecular formula is C22H20O2S2. The first kappa shape index (κ1) is 17.4. The van der Waals surface area contributed by atoms with E-state index >= 15 is 0 Å². The number of hydrogen-bond acceptors (Lipinski definition) is 4. The zero-order chi connectivity index (χ0) is 17.9. The number of thioether (sulfide) groups is 1. The van der Waals surface area contributed by atoms with Crippen LogP contribution in [-0.2, 0) is 12.8 Å². The molecule has 1 aliphatic rings. The van der Waals surface area contributed by atoms with E-state index in [4.69, 9.17) is 4.74 Å². The number of ether oxygens (including phenoxy) is 1. The van der Waals surface area contributed by atoms with Crippen LogP contribution >= 0.6 is 23.1 Å². The Morgan fingerprint density at radius 1 is 1.08 bits per heavy atom. The molecule has 4 rings (SSSR count). The number of fused-ring (bicyclic) bond motifs is 3. The van der Waals surface area contributed by atoms with E-state index in [-0.39, 0.29) is 5.78 Å². The molecule has 2 aromatic carbocycles. The van der Waals surface area contributed by atoms with E-state index in [1.807, 2.05) is 23.9 Å². The molecular weight excluding hydrogens is 360 g/mol. The Morgan fingerprint density at radius 3 is 2.69 bits per heavy atom. The van der Waals surface area contributed by atoms with Crippen molar-refractivity contribution < 1.29 is 9.53 Å². The summed E-state index contributed by atoms with van der Waals surface area (Å²) in [5, 5.41) is 0. The first-order valence-electron chi connectivity index (χ1n) is 8.78. The lowest BCUT2D eigenvalue weighted by Crippen LogP contribution is -2.04. The molecule has 0 saturated carbocycles. The molecule has 2 nitrogen and oxygen atoms in total. The van der Waals surface area contributed by atoms with Crippen molar-refractivity contribution in [2.75, 3.05) is 12.4 Å². The summed E-state index contributed by atoms with van der Waals surface area (Å²) in [6.07, 6.45) is 2.01. The van der Waals surface area contributed by atoms with Crippen LogP contribution in [0.25, 0.3) is 10.4 Å². The van der Waals surface area contributed by atoms with Crippen molar-refractivity contribution >= 4 is 28.9 Å². The zero-order valence-electron chi connectivity index (χ0n) is 14.7. The first-order chi connectivity index (χ1) is 12.7. The van der Waals surface area contributed by atoms with Crippen molar-refractivity contribution in [3.8, 4) is 16.2 Å². The number of rotatable bonds is 6. The van der Waals surface area contributed by atoms with Crippen LogP contribution in [0.3, 0.4) is 0 Å². The van der Waals surface area contributed by atoms with Gasteiger partial charge in [0.05, 0.1) is 11.5 Å². The number of aryl methyl sites for hydroxylation is 2. The summed E-state index contributed by atoms with van der Waals surface area (Å²) in [6, 6.07) is 18.8. The summed E-state index contributed by atoms with van der Waals surface area (Å²) in [5.74, 6) is 2.02. The second-order valence-electron chi connectivity index (χ2n) is 6.35. The van der Waals surface area contributed by atoms with Gasteiger partial charge in [-0.1, -0.05) is 18.2 Å². The monoisotopic (exact) mass is 380 g/mol. The summed E-state index contributed by atoms with van der Waals surface area (Å²) in [7, 11) is 0. The van der Waals surface area contributed by atoms with E-state index in [1.165, 1.54) is 26.5 Å². The predicted octanol–water partition coefficient (Wildman–Crippen LogP) is 5.89. The Kier molecular flexibility index (Phi) is 5.14. The molecule has 26 heavy (non-hydrogen) atoms. The Balaban J connectivity index is 1.42. The molecule has 0 radical (unpaired) electrons. The van der Waals surface area contributed by atoms with Crippen LogP contribution in [-0.4, -0.2) is 18.1 Å². The normalized spacial score (nSPS) is 12.3. The second kappa shape index (κ2) is 7.68. The smallest absolute Gasteiger partial charge is 0.169 e. The Bertz CT molecular complexity index is 929. The standard InChI is InChI=1S/C22H20O2S2/c1-15(23)21-14-17-8-7-16-13-18(9-10-20(16)22(17)26-21)24-11-12-25-19-5-3-2-4-6-19/h2-6,9-10,13-14H,7-8,11-12H2,1H3. The van der Waals surface area contributed by atoms with Crippen molar-refractivity contribution in [2.24, 2.45) is 0 Å². The molecule has 3 aromatic rings. The number of benzene rings is 2. The van der Waals surface area contributed by atoms with Gasteiger partial charge >= 0.3 is 0 Å². The number of thiophene rings is 1. The molecule has 0 N–H and O–H groups in total. The van der Waals surface area contributed by atoms with Crippen molar-refractivity contribution in [3.63, 3.8) is 0 Å². The van der Waals surface area contributed by atoms with Gasteiger partial charge in [-0.15, -0.1) is 23.1 Å². The van der Waals surface area contributed by atoms with Gasteiger partial charge in [0, 0.05) is 15.5 Å². The molecule has 0 atom stereocenters. The van der Waals surface area contributed by atoms with Gasteiger partial charge in [0.15, 0.2) is 5.78 Å². The van der Waals surface area contributed by atoms with E-state index in [9.17, 15) is 4.79 Å². The molecule has 0 saturated heterocycles. The number of hydrogen-bond donors (Lipinski definition) is 0. The summed E-state index contributed by atoms with van der Waals surface area (Å²) >= 11 is 3.43. The first-order valence-corrected chi connectivity index (χ1v) is 10.6. The summed E-state index contributed by atoms with van der Waals surface area (Å²) < 4.78 is 5.95. The summed E-state index contributed by atoms with van der Waals surface area (Å²) in [6.45, 7) is 2.33. The highest BCUT2D eigenvalue weighted by molar-refractivity contribution is 7.99. The van der Waals surface area contributed by atoms with Crippen LogP contribution in [0.5, 0.6) is 5.75 Å². The van der Waals surface area contributed by atoms with Crippen LogP contribution < -0.4 is 4.74 Å². The van der Waals surface area contributed by atoms with Crippen molar-refractivity contribution in [1.29, 1.82) is 0 Å². The Morgan fingerprint density at radius 2 is 1.88 bits per heavy atom. The molecule has 0 aliphatic heterocycles. The maximum absolute atomic E-state index is 11.7. The Hall–Kier alpha value is -2.04. The number of ketones is 1. The van der Waals surface area contributed by atoms with Gasteiger partial charge in [-0.2, -0.15) is 0 Å². The zero-order valence-corrected chi connectivity index (χ0v) is 16.3. The van der Waals surface area contributed by atoms with Gasteiger partial charge in [0.1, 0.15) is 5.75 Å². The lowest BCUT2D eigenvalue weighted by molar-refractivity contribution is 0.102. The van der Waals surface area contributed by atoms with E-state index in [1.54, 1.807) is 18.3 Å². The van der Waals surface area contributed by atoms with Crippen LogP contribution in [0.1, 0.15) is 27.7 Å². The van der Waals surface area contributed by atoms with Gasteiger partial charge in [-0.25, -0.2) is 0 Å². The molecule has 4 heteroatoms. The molecule has 1 aliphatic carbocycles. The second-order valence-corrected chi connectivity index (χ2v) is 8.57. The van der Waals surface area contributed by atoms with Crippen molar-refractivity contribution in [3.05, 3.63) is 70.6 Å². The van der Waals surface area contributed by atoms with E-state index in [0.717, 1.165) is 29.2 Å². The molecule has 132 valence electrons. The third kappa shape index (κ3) is 3.71. The Labute approximate surface area is 162 Å².